The van der Waals surface area contributed by atoms with Crippen molar-refractivity contribution < 1.29 is 22.7 Å². The third-order valence-electron chi connectivity index (χ3n) is 2.44. The fraction of sp³-hybridized carbons (Fsp3) is 0.417. The molecular weight excluding hydrogens is 261 g/mol. The fourth-order valence-electron chi connectivity index (χ4n) is 1.52. The molecule has 1 aromatic rings. The molecule has 1 aromatic carbocycles. The Bertz CT molecular complexity index is 447. The zero-order chi connectivity index (χ0) is 14.5. The summed E-state index contributed by atoms with van der Waals surface area (Å²) in [6.07, 6.45) is -4.49. The monoisotopic (exact) mass is 276 g/mol. The van der Waals surface area contributed by atoms with Crippen LogP contribution in [0.5, 0.6) is 5.75 Å². The molecule has 0 atom stereocenters. The van der Waals surface area contributed by atoms with E-state index in [0.29, 0.717) is 0 Å². The van der Waals surface area contributed by atoms with E-state index in [2.05, 4.69) is 10.6 Å². The first-order valence-electron chi connectivity index (χ1n) is 5.54. The number of likely N-dealkylation sites (N-methyl/N-ethyl adjacent to an activating group) is 1. The summed E-state index contributed by atoms with van der Waals surface area (Å²) in [5.74, 6) is -0.246. The zero-order valence-corrected chi connectivity index (χ0v) is 10.6. The molecule has 19 heavy (non-hydrogen) atoms. The van der Waals surface area contributed by atoms with Gasteiger partial charge in [0.25, 0.3) is 0 Å². The van der Waals surface area contributed by atoms with E-state index in [-0.39, 0.29) is 30.3 Å². The van der Waals surface area contributed by atoms with Crippen molar-refractivity contribution in [2.75, 3.05) is 20.7 Å². The highest BCUT2D eigenvalue weighted by molar-refractivity contribution is 5.77. The van der Waals surface area contributed by atoms with Gasteiger partial charge in [-0.25, -0.2) is 0 Å². The molecule has 4 nitrogen and oxygen atoms in total. The van der Waals surface area contributed by atoms with Crippen molar-refractivity contribution >= 4 is 5.91 Å². The van der Waals surface area contributed by atoms with Crippen molar-refractivity contribution in [3.05, 3.63) is 29.3 Å². The number of rotatable bonds is 5. The number of carbonyl (C=O) groups is 1. The van der Waals surface area contributed by atoms with E-state index >= 15 is 0 Å². The van der Waals surface area contributed by atoms with Crippen LogP contribution in [-0.2, 0) is 17.5 Å². The van der Waals surface area contributed by atoms with Gasteiger partial charge in [-0.05, 0) is 24.7 Å². The summed E-state index contributed by atoms with van der Waals surface area (Å²) < 4.78 is 43.3. The van der Waals surface area contributed by atoms with Crippen molar-refractivity contribution in [2.24, 2.45) is 0 Å². The van der Waals surface area contributed by atoms with Gasteiger partial charge in [-0.15, -0.1) is 0 Å². The molecule has 0 fully saturated rings. The number of amides is 1. The van der Waals surface area contributed by atoms with E-state index in [1.165, 1.54) is 19.2 Å². The van der Waals surface area contributed by atoms with E-state index in [9.17, 15) is 18.0 Å². The van der Waals surface area contributed by atoms with E-state index in [4.69, 9.17) is 4.74 Å². The van der Waals surface area contributed by atoms with Gasteiger partial charge in [-0.1, -0.05) is 6.07 Å². The van der Waals surface area contributed by atoms with Crippen LogP contribution in [0.2, 0.25) is 0 Å². The van der Waals surface area contributed by atoms with Crippen molar-refractivity contribution in [3.8, 4) is 5.75 Å². The molecule has 0 unspecified atom stereocenters. The second kappa shape index (κ2) is 6.42. The van der Waals surface area contributed by atoms with E-state index < -0.39 is 11.7 Å². The molecule has 0 aliphatic rings. The minimum Gasteiger partial charge on any atom is -0.497 e. The van der Waals surface area contributed by atoms with Gasteiger partial charge in [0, 0.05) is 6.54 Å². The molecule has 0 aromatic heterocycles. The van der Waals surface area contributed by atoms with Crippen molar-refractivity contribution in [1.82, 2.24) is 10.6 Å². The molecule has 0 aliphatic carbocycles. The van der Waals surface area contributed by atoms with E-state index in [1.807, 2.05) is 0 Å². The van der Waals surface area contributed by atoms with Gasteiger partial charge in [-0.3, -0.25) is 4.79 Å². The Balaban J connectivity index is 2.91. The van der Waals surface area contributed by atoms with Gasteiger partial charge in [0.2, 0.25) is 5.91 Å². The Labute approximate surface area is 108 Å². The molecule has 0 spiro atoms. The average Bonchev–Trinajstić information content (AvgIpc) is 2.35. The Kier molecular flexibility index (Phi) is 5.17. The summed E-state index contributed by atoms with van der Waals surface area (Å²) in [6, 6.07) is 3.63. The minimum absolute atomic E-state index is 0.00208. The number of nitrogens with one attached hydrogen (secondary N) is 2. The standard InChI is InChI=1S/C12H15F3N2O2/c1-16-7-11(18)17-6-8-3-4-9(19-2)5-10(8)12(13,14)15/h3-5,16H,6-7H2,1-2H3,(H,17,18). The quantitative estimate of drug-likeness (QED) is 0.858. The maximum atomic E-state index is 12.9. The first-order valence-corrected chi connectivity index (χ1v) is 5.54. The predicted molar refractivity (Wildman–Crippen MR) is 63.8 cm³/mol. The van der Waals surface area contributed by atoms with Crippen LogP contribution in [0.3, 0.4) is 0 Å². The van der Waals surface area contributed by atoms with Crippen LogP contribution in [0.4, 0.5) is 13.2 Å². The topological polar surface area (TPSA) is 50.4 Å². The highest BCUT2D eigenvalue weighted by atomic mass is 19.4. The summed E-state index contributed by atoms with van der Waals surface area (Å²) in [6.45, 7) is -0.128. The number of halogens is 3. The van der Waals surface area contributed by atoms with Crippen LogP contribution < -0.4 is 15.4 Å². The van der Waals surface area contributed by atoms with Crippen LogP contribution in [-0.4, -0.2) is 26.6 Å². The number of carbonyl (C=O) groups excluding carboxylic acids is 1. The lowest BCUT2D eigenvalue weighted by atomic mass is 10.1. The maximum absolute atomic E-state index is 12.9. The van der Waals surface area contributed by atoms with Gasteiger partial charge < -0.3 is 15.4 Å². The largest absolute Gasteiger partial charge is 0.497 e. The van der Waals surface area contributed by atoms with Crippen LogP contribution in [0.15, 0.2) is 18.2 Å². The second-order valence-electron chi connectivity index (χ2n) is 3.83. The lowest BCUT2D eigenvalue weighted by molar-refractivity contribution is -0.138. The normalized spacial score (nSPS) is 11.2. The smallest absolute Gasteiger partial charge is 0.416 e. The third kappa shape index (κ3) is 4.44. The van der Waals surface area contributed by atoms with Gasteiger partial charge in [0.1, 0.15) is 5.75 Å². The highest BCUT2D eigenvalue weighted by Crippen LogP contribution is 2.34. The van der Waals surface area contributed by atoms with Crippen LogP contribution in [0.25, 0.3) is 0 Å². The number of ether oxygens (including phenoxy) is 1. The molecule has 2 N–H and O–H groups in total. The lowest BCUT2D eigenvalue weighted by Crippen LogP contribution is -2.32. The maximum Gasteiger partial charge on any atom is 0.416 e. The molecule has 0 bridgehead atoms. The van der Waals surface area contributed by atoms with E-state index in [1.54, 1.807) is 7.05 Å². The Morgan fingerprint density at radius 3 is 2.58 bits per heavy atom. The molecule has 0 aliphatic heterocycles. The first kappa shape index (κ1) is 15.3. The average molecular weight is 276 g/mol. The zero-order valence-electron chi connectivity index (χ0n) is 10.6. The van der Waals surface area contributed by atoms with Crippen molar-refractivity contribution in [2.45, 2.75) is 12.7 Å². The predicted octanol–water partition coefficient (Wildman–Crippen LogP) is 1.55. The summed E-state index contributed by atoms with van der Waals surface area (Å²) >= 11 is 0. The number of alkyl halides is 3. The van der Waals surface area contributed by atoms with Crippen molar-refractivity contribution in [1.29, 1.82) is 0 Å². The van der Waals surface area contributed by atoms with Crippen molar-refractivity contribution in [3.63, 3.8) is 0 Å². The number of hydrogen-bond acceptors (Lipinski definition) is 3. The molecule has 106 valence electrons. The van der Waals surface area contributed by atoms with E-state index in [0.717, 1.165) is 6.07 Å². The Hall–Kier alpha value is -1.76. The van der Waals surface area contributed by atoms with Crippen LogP contribution >= 0.6 is 0 Å². The number of hydrogen-bond donors (Lipinski definition) is 2. The summed E-state index contributed by atoms with van der Waals surface area (Å²) in [7, 11) is 2.87. The molecule has 0 saturated heterocycles. The van der Waals surface area contributed by atoms with Gasteiger partial charge in [0.15, 0.2) is 0 Å². The molecule has 0 saturated carbocycles. The third-order valence-corrected chi connectivity index (χ3v) is 2.44. The number of methoxy groups -OCH3 is 1. The summed E-state index contributed by atoms with van der Waals surface area (Å²) in [5, 5.41) is 5.02. The molecule has 1 amide bonds. The summed E-state index contributed by atoms with van der Waals surface area (Å²) in [4.78, 5) is 11.2. The van der Waals surface area contributed by atoms with Gasteiger partial charge in [0.05, 0.1) is 19.2 Å². The second-order valence-corrected chi connectivity index (χ2v) is 3.83. The van der Waals surface area contributed by atoms with Gasteiger partial charge in [-0.2, -0.15) is 13.2 Å². The highest BCUT2D eigenvalue weighted by Gasteiger charge is 2.33. The Morgan fingerprint density at radius 2 is 2.05 bits per heavy atom. The van der Waals surface area contributed by atoms with Crippen LogP contribution in [0.1, 0.15) is 11.1 Å². The minimum atomic E-state index is -4.49. The number of benzene rings is 1. The molecule has 1 rings (SSSR count). The molecule has 0 heterocycles. The first-order chi connectivity index (χ1) is 8.88. The Morgan fingerprint density at radius 1 is 1.37 bits per heavy atom. The summed E-state index contributed by atoms with van der Waals surface area (Å²) in [5.41, 5.74) is -0.811. The van der Waals surface area contributed by atoms with Gasteiger partial charge >= 0.3 is 6.18 Å². The van der Waals surface area contributed by atoms with Crippen LogP contribution in [0, 0.1) is 0 Å². The molecular formula is C12H15F3N2O2. The molecule has 0 radical (unpaired) electrons. The SMILES string of the molecule is CNCC(=O)NCc1ccc(OC)cc1C(F)(F)F. The molecule has 7 heteroatoms. The fourth-order valence-corrected chi connectivity index (χ4v) is 1.52. The lowest BCUT2D eigenvalue weighted by Gasteiger charge is -2.14.